The van der Waals surface area contributed by atoms with Crippen LogP contribution in [0.4, 0.5) is 5.69 Å². The van der Waals surface area contributed by atoms with Crippen LogP contribution in [0, 0.1) is 0 Å². The Hall–Kier alpha value is -3.39. The third kappa shape index (κ3) is 3.98. The first-order valence-corrected chi connectivity index (χ1v) is 8.05. The van der Waals surface area contributed by atoms with E-state index in [0.29, 0.717) is 16.7 Å². The van der Waals surface area contributed by atoms with Crippen molar-refractivity contribution in [3.63, 3.8) is 0 Å². The van der Waals surface area contributed by atoms with E-state index in [2.05, 4.69) is 15.8 Å². The van der Waals surface area contributed by atoms with E-state index in [1.807, 2.05) is 30.3 Å². The molecule has 0 fully saturated rings. The van der Waals surface area contributed by atoms with E-state index in [1.54, 1.807) is 31.4 Å². The Morgan fingerprint density at radius 3 is 2.65 bits per heavy atom. The normalized spacial score (nSPS) is 11.2. The summed E-state index contributed by atoms with van der Waals surface area (Å²) in [5.74, 6) is -0.0277. The highest BCUT2D eigenvalue weighted by molar-refractivity contribution is 7.80. The molecule has 26 heavy (non-hydrogen) atoms. The molecule has 132 valence electrons. The van der Waals surface area contributed by atoms with Crippen molar-refractivity contribution in [1.29, 1.82) is 0 Å². The second-order valence-electron chi connectivity index (χ2n) is 5.28. The summed E-state index contributed by atoms with van der Waals surface area (Å²) in [6.07, 6.45) is 0. The molecule has 4 N–H and O–H groups in total. The molecule has 3 aromatic rings. The fourth-order valence-corrected chi connectivity index (χ4v) is 2.44. The molecule has 0 saturated heterocycles. The highest BCUT2D eigenvalue weighted by Gasteiger charge is 2.10. The largest absolute Gasteiger partial charge is 0.497 e. The standard InChI is InChI=1S/C18H16N4O3S/c1-24-13-7-8-15-11(9-13)10-14(16(19)23)17(25-15)21-22-18(26)20-12-5-3-2-4-6-12/h2-10H,1H3,(H2,19,23)(H2,20,22,26). The Bertz CT molecular complexity index is 1030. The number of hydrogen-bond acceptors (Lipinski definition) is 5. The Morgan fingerprint density at radius 1 is 1.19 bits per heavy atom. The van der Waals surface area contributed by atoms with Gasteiger partial charge in [0.1, 0.15) is 16.9 Å². The molecule has 0 radical (unpaired) electrons. The summed E-state index contributed by atoms with van der Waals surface area (Å²) in [5, 5.41) is 7.94. The van der Waals surface area contributed by atoms with Crippen LogP contribution in [-0.4, -0.2) is 18.1 Å². The number of carbonyl (C=O) groups excluding carboxylic acids is 1. The van der Waals surface area contributed by atoms with Crippen LogP contribution in [-0.2, 0) is 0 Å². The zero-order valence-electron chi connectivity index (χ0n) is 13.9. The van der Waals surface area contributed by atoms with E-state index < -0.39 is 5.91 Å². The summed E-state index contributed by atoms with van der Waals surface area (Å²) in [7, 11) is 1.56. The number of primary amides is 1. The van der Waals surface area contributed by atoms with E-state index in [1.165, 1.54) is 0 Å². The van der Waals surface area contributed by atoms with Crippen molar-refractivity contribution < 1.29 is 13.9 Å². The highest BCUT2D eigenvalue weighted by Crippen LogP contribution is 2.20. The van der Waals surface area contributed by atoms with Crippen molar-refractivity contribution in [3.05, 3.63) is 65.7 Å². The molecule has 0 unspecified atom stereocenters. The summed E-state index contributed by atoms with van der Waals surface area (Å²) in [5.41, 5.74) is 9.58. The van der Waals surface area contributed by atoms with Gasteiger partial charge in [0, 0.05) is 11.1 Å². The van der Waals surface area contributed by atoms with Crippen LogP contribution >= 0.6 is 12.2 Å². The summed E-state index contributed by atoms with van der Waals surface area (Å²) in [4.78, 5) is 11.8. The first-order valence-electron chi connectivity index (χ1n) is 7.64. The molecular formula is C18H16N4O3S. The Labute approximate surface area is 154 Å². The van der Waals surface area contributed by atoms with E-state index in [-0.39, 0.29) is 16.2 Å². The molecule has 7 nitrogen and oxygen atoms in total. The molecular weight excluding hydrogens is 352 g/mol. The maximum atomic E-state index is 11.8. The van der Waals surface area contributed by atoms with Crippen LogP contribution in [0.5, 0.6) is 5.75 Å². The maximum absolute atomic E-state index is 11.8. The molecule has 0 aliphatic rings. The van der Waals surface area contributed by atoms with E-state index in [0.717, 1.165) is 5.69 Å². The molecule has 0 aliphatic heterocycles. The quantitative estimate of drug-likeness (QED) is 0.483. The predicted molar refractivity (Wildman–Crippen MR) is 103 cm³/mol. The van der Waals surface area contributed by atoms with Crippen LogP contribution in [0.1, 0.15) is 10.4 Å². The number of rotatable bonds is 4. The van der Waals surface area contributed by atoms with E-state index >= 15 is 0 Å². The molecule has 0 bridgehead atoms. The average molecular weight is 368 g/mol. The lowest BCUT2D eigenvalue weighted by atomic mass is 10.1. The van der Waals surface area contributed by atoms with Crippen LogP contribution in [0.3, 0.4) is 0 Å². The Balaban J connectivity index is 1.92. The fraction of sp³-hybridized carbons (Fsp3) is 0.0556. The SMILES string of the molecule is COc1ccc2oc(=NNC(=S)Nc3ccccc3)c(C(N)=O)cc2c1. The molecule has 0 saturated carbocycles. The summed E-state index contributed by atoms with van der Waals surface area (Å²) < 4.78 is 10.9. The van der Waals surface area contributed by atoms with Gasteiger partial charge in [-0.15, -0.1) is 5.10 Å². The van der Waals surface area contributed by atoms with E-state index in [9.17, 15) is 4.79 Å². The maximum Gasteiger partial charge on any atom is 0.254 e. The summed E-state index contributed by atoms with van der Waals surface area (Å²) in [6, 6.07) is 16.2. The van der Waals surface area contributed by atoms with Crippen molar-refractivity contribution in [2.45, 2.75) is 0 Å². The minimum absolute atomic E-state index is 0.0346. The van der Waals surface area contributed by atoms with Crippen molar-refractivity contribution in [1.82, 2.24) is 5.43 Å². The summed E-state index contributed by atoms with van der Waals surface area (Å²) in [6.45, 7) is 0. The van der Waals surface area contributed by atoms with Crippen molar-refractivity contribution in [2.24, 2.45) is 10.8 Å². The fourth-order valence-electron chi connectivity index (χ4n) is 2.28. The lowest BCUT2D eigenvalue weighted by Gasteiger charge is -2.07. The zero-order valence-corrected chi connectivity index (χ0v) is 14.7. The summed E-state index contributed by atoms with van der Waals surface area (Å²) >= 11 is 5.18. The first-order chi connectivity index (χ1) is 12.6. The molecule has 0 atom stereocenters. The smallest absolute Gasteiger partial charge is 0.254 e. The molecule has 3 rings (SSSR count). The monoisotopic (exact) mass is 368 g/mol. The van der Waals surface area contributed by atoms with Crippen molar-refractivity contribution in [2.75, 3.05) is 12.4 Å². The minimum atomic E-state index is -0.666. The second kappa shape index (κ2) is 7.66. The van der Waals surface area contributed by atoms with Crippen LogP contribution in [0.15, 0.2) is 64.1 Å². The number of nitrogens with two attached hydrogens (primary N) is 1. The number of benzene rings is 2. The molecule has 0 spiro atoms. The predicted octanol–water partition coefficient (Wildman–Crippen LogP) is 2.34. The lowest BCUT2D eigenvalue weighted by Crippen LogP contribution is -2.29. The van der Waals surface area contributed by atoms with Gasteiger partial charge in [0.25, 0.3) is 5.91 Å². The Kier molecular flexibility index (Phi) is 5.14. The number of nitrogens with zero attached hydrogens (tertiary/aromatic N) is 1. The average Bonchev–Trinajstić information content (AvgIpc) is 2.65. The number of nitrogens with one attached hydrogen (secondary N) is 2. The van der Waals surface area contributed by atoms with Gasteiger partial charge in [0.15, 0.2) is 5.11 Å². The number of amides is 1. The molecule has 1 heterocycles. The molecule has 0 aliphatic carbocycles. The number of hydrogen-bond donors (Lipinski definition) is 3. The minimum Gasteiger partial charge on any atom is -0.497 e. The number of methoxy groups -OCH3 is 1. The van der Waals surface area contributed by atoms with Gasteiger partial charge in [-0.3, -0.25) is 4.79 Å². The van der Waals surface area contributed by atoms with E-state index in [4.69, 9.17) is 27.1 Å². The van der Waals surface area contributed by atoms with Crippen molar-refractivity contribution in [3.8, 4) is 5.75 Å². The number of para-hydroxylation sites is 1. The number of anilines is 1. The third-order valence-corrected chi connectivity index (χ3v) is 3.70. The molecule has 2 aromatic carbocycles. The van der Waals surface area contributed by atoms with Crippen LogP contribution < -0.4 is 26.8 Å². The second-order valence-corrected chi connectivity index (χ2v) is 5.69. The van der Waals surface area contributed by atoms with Gasteiger partial charge in [-0.2, -0.15) is 0 Å². The van der Waals surface area contributed by atoms with Gasteiger partial charge >= 0.3 is 0 Å². The first kappa shape index (κ1) is 17.4. The molecule has 1 aromatic heterocycles. The van der Waals surface area contributed by atoms with Gasteiger partial charge in [-0.25, -0.2) is 5.43 Å². The van der Waals surface area contributed by atoms with Crippen LogP contribution in [0.25, 0.3) is 11.0 Å². The van der Waals surface area contributed by atoms with Gasteiger partial charge in [-0.05, 0) is 48.6 Å². The van der Waals surface area contributed by atoms with Gasteiger partial charge in [0.2, 0.25) is 5.55 Å². The Morgan fingerprint density at radius 2 is 1.96 bits per heavy atom. The zero-order chi connectivity index (χ0) is 18.5. The topological polar surface area (TPSA) is 102 Å². The van der Waals surface area contributed by atoms with Gasteiger partial charge < -0.3 is 20.2 Å². The molecule has 1 amide bonds. The van der Waals surface area contributed by atoms with Gasteiger partial charge in [-0.1, -0.05) is 18.2 Å². The van der Waals surface area contributed by atoms with Crippen LogP contribution in [0.2, 0.25) is 0 Å². The number of thiocarbonyl (C=S) groups is 1. The van der Waals surface area contributed by atoms with Gasteiger partial charge in [0.05, 0.1) is 7.11 Å². The van der Waals surface area contributed by atoms with Crippen molar-refractivity contribution >= 4 is 39.9 Å². The third-order valence-electron chi connectivity index (χ3n) is 3.51. The molecule has 8 heteroatoms. The lowest BCUT2D eigenvalue weighted by molar-refractivity contribution is 0.0996. The number of fused-ring (bicyclic) bond motifs is 1. The highest BCUT2D eigenvalue weighted by atomic mass is 32.1. The number of carbonyl (C=O) groups is 1. The number of ether oxygens (including phenoxy) is 1.